The second-order valence-corrected chi connectivity index (χ2v) is 5.33. The Morgan fingerprint density at radius 2 is 2.10 bits per heavy atom. The Hall–Kier alpha value is -1.29. The second-order valence-electron chi connectivity index (χ2n) is 4.54. The highest BCUT2D eigenvalue weighted by molar-refractivity contribution is 7.98. The van der Waals surface area contributed by atoms with E-state index in [0.29, 0.717) is 10.5 Å². The van der Waals surface area contributed by atoms with Crippen LogP contribution >= 0.6 is 11.8 Å². The number of nitrogens with zero attached hydrogens (tertiary/aromatic N) is 4. The number of imidazole rings is 1. The highest BCUT2D eigenvalue weighted by Gasteiger charge is 2.42. The molecule has 3 rings (SSSR count). The van der Waals surface area contributed by atoms with Gasteiger partial charge in [0.1, 0.15) is 22.8 Å². The maximum Gasteiger partial charge on any atom is 0.311 e. The summed E-state index contributed by atoms with van der Waals surface area (Å²) < 4.78 is 20.3. The summed E-state index contributed by atoms with van der Waals surface area (Å²) in [5.41, 5.74) is 0.663. The molecule has 1 aliphatic rings. The molecule has 0 radical (unpaired) electrons. The fourth-order valence-electron chi connectivity index (χ4n) is 2.25. The van der Waals surface area contributed by atoms with Crippen molar-refractivity contribution < 1.29 is 19.3 Å². The Morgan fingerprint density at radius 3 is 2.70 bits per heavy atom. The van der Waals surface area contributed by atoms with Gasteiger partial charge >= 0.3 is 6.08 Å². The number of hydrogen-bond acceptors (Lipinski definition) is 7. The molecule has 0 aliphatic carbocycles. The molecule has 1 fully saturated rings. The van der Waals surface area contributed by atoms with Crippen molar-refractivity contribution in [3.05, 3.63) is 12.4 Å². The molecule has 9 heteroatoms. The van der Waals surface area contributed by atoms with Crippen molar-refractivity contribution in [1.29, 1.82) is 0 Å². The van der Waals surface area contributed by atoms with Gasteiger partial charge in [-0.1, -0.05) is 0 Å². The van der Waals surface area contributed by atoms with Crippen LogP contribution in [0.5, 0.6) is 0 Å². The molecule has 1 aliphatic heterocycles. The summed E-state index contributed by atoms with van der Waals surface area (Å²) in [6.45, 7) is 1.65. The van der Waals surface area contributed by atoms with Gasteiger partial charge in [-0.3, -0.25) is 4.57 Å². The maximum absolute atomic E-state index is 13.4. The molecule has 0 aromatic carbocycles. The molecule has 3 heterocycles. The van der Waals surface area contributed by atoms with Crippen LogP contribution in [0.2, 0.25) is 0 Å². The van der Waals surface area contributed by atoms with E-state index in [-0.39, 0.29) is 5.65 Å². The van der Waals surface area contributed by atoms with E-state index >= 15 is 0 Å². The zero-order chi connectivity index (χ0) is 14.4. The average Bonchev–Trinajstić information content (AvgIpc) is 2.94. The van der Waals surface area contributed by atoms with Gasteiger partial charge in [-0.2, -0.15) is 14.4 Å². The summed E-state index contributed by atoms with van der Waals surface area (Å²) >= 11 is 1.25. The standard InChI is InChI=1S/C11H13FN4O3S/c1-4-6(17)7(18)10(19-4)16-3-13-5-8(16)14-11(12)15-9(5)20-2/h3-4,6-7,10,17-18H,1-2H3/t4-,6-,7-,10-/m1/s1. The van der Waals surface area contributed by atoms with E-state index in [1.807, 2.05) is 0 Å². The smallest absolute Gasteiger partial charge is 0.311 e. The number of ether oxygens (including phenoxy) is 1. The minimum Gasteiger partial charge on any atom is -0.388 e. The number of halogens is 1. The minimum atomic E-state index is -1.13. The van der Waals surface area contributed by atoms with Crippen molar-refractivity contribution in [3.63, 3.8) is 0 Å². The topological polar surface area (TPSA) is 93.3 Å². The molecular weight excluding hydrogens is 287 g/mol. The first-order valence-corrected chi connectivity index (χ1v) is 7.21. The third kappa shape index (κ3) is 1.97. The SMILES string of the molecule is CSc1nc(F)nc2c1ncn2[C@@H]1O[C@H](C)[C@@H](O)[C@H]1O. The van der Waals surface area contributed by atoms with Gasteiger partial charge in [0, 0.05) is 0 Å². The second kappa shape index (κ2) is 4.92. The normalized spacial score (nSPS) is 30.2. The van der Waals surface area contributed by atoms with Crippen molar-refractivity contribution in [2.24, 2.45) is 0 Å². The Labute approximate surface area is 117 Å². The van der Waals surface area contributed by atoms with Crippen molar-refractivity contribution >= 4 is 22.9 Å². The number of aromatic nitrogens is 4. The van der Waals surface area contributed by atoms with E-state index in [2.05, 4.69) is 15.0 Å². The van der Waals surface area contributed by atoms with Crippen LogP contribution in [0.15, 0.2) is 11.4 Å². The number of aliphatic hydroxyl groups is 2. The molecule has 4 atom stereocenters. The first-order chi connectivity index (χ1) is 9.52. The van der Waals surface area contributed by atoms with E-state index in [0.717, 1.165) is 0 Å². The lowest BCUT2D eigenvalue weighted by atomic mass is 10.1. The average molecular weight is 300 g/mol. The molecule has 2 N–H and O–H groups in total. The fourth-order valence-corrected chi connectivity index (χ4v) is 2.76. The summed E-state index contributed by atoms with van der Waals surface area (Å²) in [4.78, 5) is 11.5. The van der Waals surface area contributed by atoms with E-state index in [1.165, 1.54) is 22.7 Å². The van der Waals surface area contributed by atoms with Crippen LogP contribution in [0.4, 0.5) is 4.39 Å². The molecule has 0 bridgehead atoms. The Bertz CT molecular complexity index is 652. The van der Waals surface area contributed by atoms with Gasteiger partial charge in [0.25, 0.3) is 0 Å². The first-order valence-electron chi connectivity index (χ1n) is 5.98. The molecule has 108 valence electrons. The van der Waals surface area contributed by atoms with Gasteiger partial charge in [0.2, 0.25) is 0 Å². The molecule has 7 nitrogen and oxygen atoms in total. The third-order valence-corrected chi connectivity index (χ3v) is 3.98. The van der Waals surface area contributed by atoms with Crippen molar-refractivity contribution in [2.45, 2.75) is 36.5 Å². The quantitative estimate of drug-likeness (QED) is 0.469. The molecular formula is C11H13FN4O3S. The largest absolute Gasteiger partial charge is 0.388 e. The molecule has 0 unspecified atom stereocenters. The highest BCUT2D eigenvalue weighted by atomic mass is 32.2. The van der Waals surface area contributed by atoms with E-state index in [1.54, 1.807) is 13.2 Å². The third-order valence-electron chi connectivity index (χ3n) is 3.31. The number of hydrogen-bond donors (Lipinski definition) is 2. The van der Waals surface area contributed by atoms with Crippen LogP contribution in [0, 0.1) is 6.08 Å². The Morgan fingerprint density at radius 1 is 1.35 bits per heavy atom. The lowest BCUT2D eigenvalue weighted by molar-refractivity contribution is -0.0300. The summed E-state index contributed by atoms with van der Waals surface area (Å²) in [6, 6.07) is 0. The molecule has 0 spiro atoms. The predicted octanol–water partition coefficient (Wildman–Crippen LogP) is 0.326. The zero-order valence-corrected chi connectivity index (χ0v) is 11.6. The van der Waals surface area contributed by atoms with Crippen LogP contribution in [-0.4, -0.2) is 54.3 Å². The summed E-state index contributed by atoms with van der Waals surface area (Å²) in [5.74, 6) is 0. The highest BCUT2D eigenvalue weighted by Crippen LogP contribution is 2.32. The monoisotopic (exact) mass is 300 g/mol. The van der Waals surface area contributed by atoms with Crippen LogP contribution in [0.1, 0.15) is 13.2 Å². The van der Waals surface area contributed by atoms with Crippen molar-refractivity contribution in [1.82, 2.24) is 19.5 Å². The lowest BCUT2D eigenvalue weighted by Crippen LogP contribution is -2.30. The zero-order valence-electron chi connectivity index (χ0n) is 10.8. The predicted molar refractivity (Wildman–Crippen MR) is 68.7 cm³/mol. The molecule has 20 heavy (non-hydrogen) atoms. The number of thioether (sulfide) groups is 1. The fraction of sp³-hybridized carbons (Fsp3) is 0.545. The van der Waals surface area contributed by atoms with Gasteiger partial charge in [0.15, 0.2) is 11.9 Å². The molecule has 2 aromatic rings. The first kappa shape index (κ1) is 13.7. The number of fused-ring (bicyclic) bond motifs is 1. The molecule has 0 saturated carbocycles. The maximum atomic E-state index is 13.4. The van der Waals surface area contributed by atoms with Crippen LogP contribution in [0.25, 0.3) is 11.2 Å². The Kier molecular flexibility index (Phi) is 3.36. The lowest BCUT2D eigenvalue weighted by Gasteiger charge is -2.16. The van der Waals surface area contributed by atoms with Crippen molar-refractivity contribution in [3.8, 4) is 0 Å². The molecule has 0 amide bonds. The summed E-state index contributed by atoms with van der Waals surface area (Å²) in [5, 5.41) is 20.1. The summed E-state index contributed by atoms with van der Waals surface area (Å²) in [7, 11) is 0. The Balaban J connectivity index is 2.11. The van der Waals surface area contributed by atoms with Crippen molar-refractivity contribution in [2.75, 3.05) is 6.26 Å². The molecule has 1 saturated heterocycles. The van der Waals surface area contributed by atoms with Crippen LogP contribution in [-0.2, 0) is 4.74 Å². The van der Waals surface area contributed by atoms with E-state index in [4.69, 9.17) is 4.74 Å². The summed E-state index contributed by atoms with van der Waals surface area (Å²) in [6.07, 6.45) is -1.23. The van der Waals surface area contributed by atoms with E-state index < -0.39 is 30.6 Å². The van der Waals surface area contributed by atoms with E-state index in [9.17, 15) is 14.6 Å². The van der Waals surface area contributed by atoms with Gasteiger partial charge in [-0.15, -0.1) is 11.8 Å². The van der Waals surface area contributed by atoms with Gasteiger partial charge < -0.3 is 14.9 Å². The molecule has 2 aromatic heterocycles. The van der Waals surface area contributed by atoms with Gasteiger partial charge in [-0.05, 0) is 13.2 Å². The van der Waals surface area contributed by atoms with Gasteiger partial charge in [0.05, 0.1) is 12.4 Å². The van der Waals surface area contributed by atoms with Gasteiger partial charge in [-0.25, -0.2) is 4.98 Å². The van der Waals surface area contributed by atoms with Crippen LogP contribution < -0.4 is 0 Å². The van der Waals surface area contributed by atoms with Crippen LogP contribution in [0.3, 0.4) is 0 Å². The number of rotatable bonds is 2. The number of aliphatic hydroxyl groups excluding tert-OH is 2. The minimum absolute atomic E-state index is 0.229.